The number of nitrogens with zero attached hydrogens (tertiary/aromatic N) is 2. The maximum Gasteiger partial charge on any atom is 0.309 e. The number of aryl methyl sites for hydroxylation is 2. The number of hydrogen-bond donors (Lipinski definition) is 2. The van der Waals surface area contributed by atoms with Crippen LogP contribution in [0, 0.1) is 13.8 Å². The summed E-state index contributed by atoms with van der Waals surface area (Å²) in [5.41, 5.74) is 5.16. The Balaban J connectivity index is 1.51. The zero-order chi connectivity index (χ0) is 22.4. The van der Waals surface area contributed by atoms with Crippen LogP contribution >= 0.6 is 0 Å². The first-order valence-electron chi connectivity index (χ1n) is 10.5. The minimum atomic E-state index is -0.627. The number of hydrogen-bond acceptors (Lipinski definition) is 5. The molecule has 164 valence electrons. The van der Waals surface area contributed by atoms with Crippen LogP contribution in [0.4, 0.5) is 0 Å². The van der Waals surface area contributed by atoms with Gasteiger partial charge in [0.05, 0.1) is 19.6 Å². The predicted octanol–water partition coefficient (Wildman–Crippen LogP) is 3.46. The monoisotopic (exact) mass is 421 g/mol. The van der Waals surface area contributed by atoms with Crippen LogP contribution in [0.25, 0.3) is 5.82 Å². The number of carbonyl (C=O) groups excluding carboxylic acids is 1. The van der Waals surface area contributed by atoms with Crippen molar-refractivity contribution < 1.29 is 14.6 Å². The van der Waals surface area contributed by atoms with Crippen molar-refractivity contribution in [3.63, 3.8) is 0 Å². The molecule has 3 aromatic rings. The van der Waals surface area contributed by atoms with Gasteiger partial charge >= 0.3 is 5.97 Å². The standard InChI is InChI=1S/C25H31N3O3/c1-17(13-20-7-9-21(10-8-20)14-25(30)31-4)26-16-23(29)22-11-12-24(27-15-22)28-18(2)5-6-19(28)3/h5-12,15,17,23,26,29H,13-14,16H2,1-4H3/t17?,23-/m0/s1. The van der Waals surface area contributed by atoms with Gasteiger partial charge in [-0.2, -0.15) is 0 Å². The first kappa shape index (κ1) is 22.7. The first-order chi connectivity index (χ1) is 14.9. The summed E-state index contributed by atoms with van der Waals surface area (Å²) in [7, 11) is 1.40. The highest BCUT2D eigenvalue weighted by Gasteiger charge is 2.12. The highest BCUT2D eigenvalue weighted by molar-refractivity contribution is 5.72. The third kappa shape index (κ3) is 6.03. The second kappa shape index (κ2) is 10.4. The van der Waals surface area contributed by atoms with E-state index in [9.17, 15) is 9.90 Å². The van der Waals surface area contributed by atoms with Gasteiger partial charge in [0, 0.05) is 35.7 Å². The Kier molecular flexibility index (Phi) is 7.60. The van der Waals surface area contributed by atoms with Gasteiger partial charge in [-0.3, -0.25) is 4.79 Å². The van der Waals surface area contributed by atoms with Crippen LogP contribution in [0.1, 0.15) is 41.1 Å². The van der Waals surface area contributed by atoms with Crippen molar-refractivity contribution in [1.29, 1.82) is 0 Å². The predicted molar refractivity (Wildman–Crippen MR) is 121 cm³/mol. The van der Waals surface area contributed by atoms with Gasteiger partial charge in [0.25, 0.3) is 0 Å². The first-order valence-corrected chi connectivity index (χ1v) is 10.5. The van der Waals surface area contributed by atoms with Gasteiger partial charge in [0.1, 0.15) is 5.82 Å². The Morgan fingerprint density at radius 1 is 1.06 bits per heavy atom. The molecule has 0 saturated carbocycles. The Labute approximate surface area is 183 Å². The number of aliphatic hydroxyl groups excluding tert-OH is 1. The van der Waals surface area contributed by atoms with Crippen LogP contribution in [0.2, 0.25) is 0 Å². The van der Waals surface area contributed by atoms with Crippen molar-refractivity contribution >= 4 is 5.97 Å². The van der Waals surface area contributed by atoms with Gasteiger partial charge in [0.15, 0.2) is 0 Å². The molecular formula is C25H31N3O3. The van der Waals surface area contributed by atoms with Crippen molar-refractivity contribution in [2.24, 2.45) is 0 Å². The van der Waals surface area contributed by atoms with Crippen LogP contribution in [-0.4, -0.2) is 40.3 Å². The van der Waals surface area contributed by atoms with Crippen molar-refractivity contribution in [3.8, 4) is 5.82 Å². The normalized spacial score (nSPS) is 13.1. The van der Waals surface area contributed by atoms with E-state index in [2.05, 4.69) is 47.8 Å². The summed E-state index contributed by atoms with van der Waals surface area (Å²) >= 11 is 0. The Hall–Kier alpha value is -2.96. The van der Waals surface area contributed by atoms with Crippen molar-refractivity contribution in [2.45, 2.75) is 45.8 Å². The van der Waals surface area contributed by atoms with Crippen LogP contribution < -0.4 is 5.32 Å². The molecule has 2 atom stereocenters. The summed E-state index contributed by atoms with van der Waals surface area (Å²) in [5.74, 6) is 0.617. The molecule has 1 unspecified atom stereocenters. The molecule has 0 fully saturated rings. The molecule has 31 heavy (non-hydrogen) atoms. The van der Waals surface area contributed by atoms with Crippen molar-refractivity contribution in [2.75, 3.05) is 13.7 Å². The zero-order valence-electron chi connectivity index (χ0n) is 18.6. The molecule has 2 N–H and O–H groups in total. The highest BCUT2D eigenvalue weighted by Crippen LogP contribution is 2.17. The van der Waals surface area contributed by atoms with E-state index in [4.69, 9.17) is 4.74 Å². The van der Waals surface area contributed by atoms with E-state index in [-0.39, 0.29) is 18.4 Å². The molecule has 0 aliphatic heterocycles. The average Bonchev–Trinajstić information content (AvgIpc) is 3.11. The second-order valence-corrected chi connectivity index (χ2v) is 8.00. The lowest BCUT2D eigenvalue weighted by Gasteiger charge is -2.18. The van der Waals surface area contributed by atoms with Gasteiger partial charge in [-0.05, 0) is 56.5 Å². The fourth-order valence-corrected chi connectivity index (χ4v) is 3.65. The number of rotatable bonds is 9. The number of benzene rings is 1. The van der Waals surface area contributed by atoms with Crippen molar-refractivity contribution in [3.05, 3.63) is 82.8 Å². The Morgan fingerprint density at radius 2 is 1.71 bits per heavy atom. The van der Waals surface area contributed by atoms with Gasteiger partial charge in [0.2, 0.25) is 0 Å². The topological polar surface area (TPSA) is 76.4 Å². The van der Waals surface area contributed by atoms with E-state index in [1.807, 2.05) is 36.4 Å². The summed E-state index contributed by atoms with van der Waals surface area (Å²) in [4.78, 5) is 15.9. The summed E-state index contributed by atoms with van der Waals surface area (Å²) in [6.07, 6.45) is 2.23. The molecule has 0 bridgehead atoms. The minimum Gasteiger partial charge on any atom is -0.469 e. The molecule has 3 rings (SSSR count). The number of carbonyl (C=O) groups is 1. The molecule has 0 radical (unpaired) electrons. The molecule has 0 aliphatic carbocycles. The second-order valence-electron chi connectivity index (χ2n) is 8.00. The SMILES string of the molecule is COC(=O)Cc1ccc(CC(C)NC[C@H](O)c2ccc(-n3c(C)ccc3C)nc2)cc1. The van der Waals surface area contributed by atoms with Crippen LogP contribution in [0.3, 0.4) is 0 Å². The third-order valence-electron chi connectivity index (χ3n) is 5.46. The third-order valence-corrected chi connectivity index (χ3v) is 5.46. The lowest BCUT2D eigenvalue weighted by Crippen LogP contribution is -2.32. The van der Waals surface area contributed by atoms with E-state index in [0.29, 0.717) is 6.54 Å². The Bertz CT molecular complexity index is 974. The number of ether oxygens (including phenoxy) is 1. The number of methoxy groups -OCH3 is 1. The van der Waals surface area contributed by atoms with Crippen LogP contribution in [0.5, 0.6) is 0 Å². The van der Waals surface area contributed by atoms with E-state index in [0.717, 1.165) is 34.8 Å². The van der Waals surface area contributed by atoms with E-state index < -0.39 is 6.10 Å². The zero-order valence-corrected chi connectivity index (χ0v) is 18.6. The number of nitrogens with one attached hydrogen (secondary N) is 1. The molecule has 0 spiro atoms. The van der Waals surface area contributed by atoms with Gasteiger partial charge in [-0.15, -0.1) is 0 Å². The summed E-state index contributed by atoms with van der Waals surface area (Å²) in [6.45, 7) is 6.64. The van der Waals surface area contributed by atoms with E-state index in [1.165, 1.54) is 12.7 Å². The van der Waals surface area contributed by atoms with E-state index >= 15 is 0 Å². The summed E-state index contributed by atoms with van der Waals surface area (Å²) < 4.78 is 6.79. The maximum atomic E-state index is 11.4. The number of pyridine rings is 1. The molecular weight excluding hydrogens is 390 g/mol. The molecule has 2 aromatic heterocycles. The average molecular weight is 422 g/mol. The number of aromatic nitrogens is 2. The molecule has 1 aromatic carbocycles. The van der Waals surface area contributed by atoms with Crippen LogP contribution in [-0.2, 0) is 22.4 Å². The van der Waals surface area contributed by atoms with Gasteiger partial charge in [-0.25, -0.2) is 4.98 Å². The molecule has 2 heterocycles. The minimum absolute atomic E-state index is 0.193. The molecule has 0 aliphatic rings. The molecule has 0 saturated heterocycles. The lowest BCUT2D eigenvalue weighted by molar-refractivity contribution is -0.139. The number of esters is 1. The van der Waals surface area contributed by atoms with Gasteiger partial charge < -0.3 is 19.7 Å². The fraction of sp³-hybridized carbons (Fsp3) is 0.360. The number of aliphatic hydroxyl groups is 1. The van der Waals surface area contributed by atoms with Crippen LogP contribution in [0.15, 0.2) is 54.7 Å². The Morgan fingerprint density at radius 3 is 2.29 bits per heavy atom. The smallest absolute Gasteiger partial charge is 0.309 e. The van der Waals surface area contributed by atoms with E-state index in [1.54, 1.807) is 6.20 Å². The maximum absolute atomic E-state index is 11.4. The summed E-state index contributed by atoms with van der Waals surface area (Å²) in [5, 5.41) is 13.9. The lowest BCUT2D eigenvalue weighted by atomic mass is 10.0. The van der Waals surface area contributed by atoms with Gasteiger partial charge in [-0.1, -0.05) is 30.3 Å². The molecule has 6 nitrogen and oxygen atoms in total. The fourth-order valence-electron chi connectivity index (χ4n) is 3.65. The largest absolute Gasteiger partial charge is 0.469 e. The van der Waals surface area contributed by atoms with Crippen molar-refractivity contribution in [1.82, 2.24) is 14.9 Å². The summed E-state index contributed by atoms with van der Waals surface area (Å²) in [6, 6.07) is 16.2. The quantitative estimate of drug-likeness (QED) is 0.518. The molecule has 0 amide bonds. The highest BCUT2D eigenvalue weighted by atomic mass is 16.5. The molecule has 6 heteroatoms.